The van der Waals surface area contributed by atoms with Gasteiger partial charge in [-0.1, -0.05) is 0 Å². The highest BCUT2D eigenvalue weighted by Crippen LogP contribution is 2.21. The Kier molecular flexibility index (Phi) is 3.21. The number of aliphatic hydroxyl groups is 1. The Morgan fingerprint density at radius 2 is 2.07 bits per heavy atom. The number of hydrogen-bond donors (Lipinski definition) is 1. The Morgan fingerprint density at radius 1 is 1.33 bits per heavy atom. The number of nitrogens with zero attached hydrogens (tertiary/aromatic N) is 2. The predicted octanol–water partition coefficient (Wildman–Crippen LogP) is 2.13. The van der Waals surface area contributed by atoms with E-state index >= 15 is 0 Å². The summed E-state index contributed by atoms with van der Waals surface area (Å²) in [5.74, 6) is 0. The van der Waals surface area contributed by atoms with E-state index < -0.39 is 6.10 Å². The molecule has 0 radical (unpaired) electrons. The molecule has 1 fully saturated rings. The predicted molar refractivity (Wildman–Crippen MR) is 60.9 cm³/mol. The Morgan fingerprint density at radius 3 is 2.73 bits per heavy atom. The summed E-state index contributed by atoms with van der Waals surface area (Å²) in [7, 11) is 0. The molecule has 1 aliphatic heterocycles. The van der Waals surface area contributed by atoms with E-state index in [9.17, 15) is 5.11 Å². The fourth-order valence-electron chi connectivity index (χ4n) is 2.01. The van der Waals surface area contributed by atoms with Crippen molar-refractivity contribution in [3.63, 3.8) is 0 Å². The van der Waals surface area contributed by atoms with Crippen LogP contribution in [0.25, 0.3) is 0 Å². The van der Waals surface area contributed by atoms with Gasteiger partial charge in [0.1, 0.15) is 0 Å². The van der Waals surface area contributed by atoms with Crippen LogP contribution in [-0.4, -0.2) is 23.2 Å². The third-order valence-electron chi connectivity index (χ3n) is 2.91. The first-order valence-electron chi connectivity index (χ1n) is 5.66. The van der Waals surface area contributed by atoms with E-state index in [0.717, 1.165) is 18.8 Å². The van der Waals surface area contributed by atoms with Gasteiger partial charge in [-0.05, 0) is 38.3 Å². The van der Waals surface area contributed by atoms with Gasteiger partial charge in [0.2, 0.25) is 0 Å². The molecule has 3 nitrogen and oxygen atoms in total. The van der Waals surface area contributed by atoms with Crippen molar-refractivity contribution < 1.29 is 5.11 Å². The quantitative estimate of drug-likeness (QED) is 0.805. The summed E-state index contributed by atoms with van der Waals surface area (Å²) < 4.78 is 0. The summed E-state index contributed by atoms with van der Waals surface area (Å²) in [6, 6.07) is 4.02. The molecule has 1 aromatic heterocycles. The fraction of sp³-hybridized carbons (Fsp3) is 0.583. The van der Waals surface area contributed by atoms with Crippen LogP contribution >= 0.6 is 0 Å². The molecule has 0 aromatic carbocycles. The number of rotatable bonds is 2. The second-order valence-electron chi connectivity index (χ2n) is 4.16. The van der Waals surface area contributed by atoms with Crippen LogP contribution in [0.5, 0.6) is 0 Å². The van der Waals surface area contributed by atoms with Crippen molar-refractivity contribution in [1.82, 2.24) is 4.98 Å². The SMILES string of the molecule is CC(O)c1cc(N2CCCCC2)ccn1. The molecule has 1 N–H and O–H groups in total. The lowest BCUT2D eigenvalue weighted by Gasteiger charge is -2.29. The minimum absolute atomic E-state index is 0.477. The molecule has 1 aromatic rings. The second kappa shape index (κ2) is 4.62. The van der Waals surface area contributed by atoms with Crippen LogP contribution < -0.4 is 4.90 Å². The van der Waals surface area contributed by atoms with Crippen LogP contribution in [0.1, 0.15) is 38.0 Å². The molecule has 2 heterocycles. The van der Waals surface area contributed by atoms with Gasteiger partial charge in [0.25, 0.3) is 0 Å². The van der Waals surface area contributed by atoms with Gasteiger partial charge in [0.15, 0.2) is 0 Å². The lowest BCUT2D eigenvalue weighted by atomic mass is 10.1. The molecular formula is C12H18N2O. The van der Waals surface area contributed by atoms with Crippen LogP contribution in [0, 0.1) is 0 Å². The molecule has 1 atom stereocenters. The van der Waals surface area contributed by atoms with Crippen molar-refractivity contribution in [3.8, 4) is 0 Å². The maximum absolute atomic E-state index is 9.47. The van der Waals surface area contributed by atoms with Crippen LogP contribution in [0.3, 0.4) is 0 Å². The molecular weight excluding hydrogens is 188 g/mol. The summed E-state index contributed by atoms with van der Waals surface area (Å²) in [6.07, 6.45) is 5.19. The average molecular weight is 206 g/mol. The molecule has 3 heteroatoms. The molecule has 1 saturated heterocycles. The number of pyridine rings is 1. The smallest absolute Gasteiger partial charge is 0.0932 e. The summed E-state index contributed by atoms with van der Waals surface area (Å²) in [5, 5.41) is 9.47. The van der Waals surface area contributed by atoms with Gasteiger partial charge in [-0.3, -0.25) is 4.98 Å². The Labute approximate surface area is 90.8 Å². The number of hydrogen-bond acceptors (Lipinski definition) is 3. The molecule has 0 bridgehead atoms. The Balaban J connectivity index is 2.16. The first kappa shape index (κ1) is 10.4. The molecule has 82 valence electrons. The van der Waals surface area contributed by atoms with Crippen molar-refractivity contribution in [2.24, 2.45) is 0 Å². The lowest BCUT2D eigenvalue weighted by Crippen LogP contribution is -2.29. The largest absolute Gasteiger partial charge is 0.387 e. The van der Waals surface area contributed by atoms with Gasteiger partial charge in [-0.25, -0.2) is 0 Å². The highest BCUT2D eigenvalue weighted by molar-refractivity contribution is 5.47. The monoisotopic (exact) mass is 206 g/mol. The zero-order chi connectivity index (χ0) is 10.7. The minimum Gasteiger partial charge on any atom is -0.387 e. The van der Waals surface area contributed by atoms with Gasteiger partial charge in [-0.15, -0.1) is 0 Å². The van der Waals surface area contributed by atoms with Gasteiger partial charge in [0.05, 0.1) is 11.8 Å². The zero-order valence-corrected chi connectivity index (χ0v) is 9.19. The second-order valence-corrected chi connectivity index (χ2v) is 4.16. The molecule has 2 rings (SSSR count). The van der Waals surface area contributed by atoms with Gasteiger partial charge >= 0.3 is 0 Å². The van der Waals surface area contributed by atoms with Crippen molar-refractivity contribution in [2.75, 3.05) is 18.0 Å². The molecule has 0 saturated carbocycles. The van der Waals surface area contributed by atoms with Crippen LogP contribution in [-0.2, 0) is 0 Å². The average Bonchev–Trinajstić information content (AvgIpc) is 2.30. The first-order valence-corrected chi connectivity index (χ1v) is 5.66. The number of aromatic nitrogens is 1. The zero-order valence-electron chi connectivity index (χ0n) is 9.19. The Hall–Kier alpha value is -1.09. The number of aliphatic hydroxyl groups excluding tert-OH is 1. The van der Waals surface area contributed by atoms with E-state index in [1.165, 1.54) is 24.9 Å². The lowest BCUT2D eigenvalue weighted by molar-refractivity contribution is 0.194. The molecule has 15 heavy (non-hydrogen) atoms. The third kappa shape index (κ3) is 2.48. The summed E-state index contributed by atoms with van der Waals surface area (Å²) >= 11 is 0. The van der Waals surface area contributed by atoms with E-state index in [4.69, 9.17) is 0 Å². The molecule has 1 unspecified atom stereocenters. The van der Waals surface area contributed by atoms with Gasteiger partial charge in [0, 0.05) is 25.0 Å². The standard InChI is InChI=1S/C12H18N2O/c1-10(15)12-9-11(5-6-13-12)14-7-3-2-4-8-14/h5-6,9-10,15H,2-4,7-8H2,1H3. The van der Waals surface area contributed by atoms with Crippen molar-refractivity contribution >= 4 is 5.69 Å². The Bertz CT molecular complexity index is 319. The van der Waals surface area contributed by atoms with Gasteiger partial charge < -0.3 is 10.0 Å². The minimum atomic E-state index is -0.477. The van der Waals surface area contributed by atoms with Crippen molar-refractivity contribution in [2.45, 2.75) is 32.3 Å². The van der Waals surface area contributed by atoms with Crippen molar-refractivity contribution in [3.05, 3.63) is 24.0 Å². The van der Waals surface area contributed by atoms with E-state index in [1.54, 1.807) is 13.1 Å². The van der Waals surface area contributed by atoms with E-state index in [1.807, 2.05) is 12.1 Å². The van der Waals surface area contributed by atoms with Gasteiger partial charge in [-0.2, -0.15) is 0 Å². The highest BCUT2D eigenvalue weighted by Gasteiger charge is 2.12. The summed E-state index contributed by atoms with van der Waals surface area (Å²) in [6.45, 7) is 4.01. The molecule has 0 amide bonds. The summed E-state index contributed by atoms with van der Waals surface area (Å²) in [4.78, 5) is 6.53. The van der Waals surface area contributed by atoms with Crippen molar-refractivity contribution in [1.29, 1.82) is 0 Å². The first-order chi connectivity index (χ1) is 7.27. The number of anilines is 1. The van der Waals surface area contributed by atoms with E-state index in [-0.39, 0.29) is 0 Å². The topological polar surface area (TPSA) is 36.4 Å². The maximum Gasteiger partial charge on any atom is 0.0932 e. The third-order valence-corrected chi connectivity index (χ3v) is 2.91. The molecule has 0 spiro atoms. The van der Waals surface area contributed by atoms with E-state index in [2.05, 4.69) is 9.88 Å². The maximum atomic E-state index is 9.47. The van der Waals surface area contributed by atoms with Crippen LogP contribution in [0.2, 0.25) is 0 Å². The fourth-order valence-corrected chi connectivity index (χ4v) is 2.01. The molecule has 1 aliphatic rings. The summed E-state index contributed by atoms with van der Waals surface area (Å²) in [5.41, 5.74) is 1.96. The van der Waals surface area contributed by atoms with Crippen LogP contribution in [0.15, 0.2) is 18.3 Å². The van der Waals surface area contributed by atoms with Crippen LogP contribution in [0.4, 0.5) is 5.69 Å². The molecule has 0 aliphatic carbocycles. The highest BCUT2D eigenvalue weighted by atomic mass is 16.3. The van der Waals surface area contributed by atoms with E-state index in [0.29, 0.717) is 0 Å². The number of piperidine rings is 1. The normalized spacial score (nSPS) is 18.9.